The van der Waals surface area contributed by atoms with Crippen LogP contribution in [0.2, 0.25) is 0 Å². The van der Waals surface area contributed by atoms with Crippen LogP contribution in [0.5, 0.6) is 0 Å². The summed E-state index contributed by atoms with van der Waals surface area (Å²) in [7, 11) is 0. The van der Waals surface area contributed by atoms with Crippen molar-refractivity contribution in [1.82, 2.24) is 5.32 Å². The summed E-state index contributed by atoms with van der Waals surface area (Å²) in [5, 5.41) is 235. The average Bonchev–Trinajstić information content (AvgIpc) is 1.08. The van der Waals surface area contributed by atoms with Gasteiger partial charge >= 0.3 is 5.97 Å². The SMILES string of the molecule is CC(=O)NC1C(OC2CCC3(C)C(CCC4(C)C3CC=C3C5CC(C)(C)CCC5(C(=O)OC5OC(CO)C(OC6OCC(O)C(O)C6O)C(O)C5OC5OCC(O)C(OC6OCC(O)(CO)C6O)C5O)C(O)CC34C)C2(C)C)OC(COC2OCC(O)C(OC3OCC(O)C(O)C3O)C2O)C(OC2OC(CO)C(O)C(O)C2O)C1O. The van der Waals surface area contributed by atoms with E-state index in [0.29, 0.717) is 44.9 Å². The smallest absolute Gasteiger partial charge is 0.317 e. The Labute approximate surface area is 662 Å². The second-order valence-electron chi connectivity index (χ2n) is 36.3. The van der Waals surface area contributed by atoms with Crippen LogP contribution in [-0.2, 0) is 85.4 Å². The van der Waals surface area contributed by atoms with E-state index >= 15 is 4.79 Å². The maximum atomic E-state index is 16.1. The lowest BCUT2D eigenvalue weighted by Gasteiger charge is -2.72. The van der Waals surface area contributed by atoms with E-state index in [0.717, 1.165) is 5.57 Å². The number of hydrogen-bond donors (Lipinski definition) is 22. The van der Waals surface area contributed by atoms with Crippen molar-refractivity contribution >= 4 is 11.9 Å². The fraction of sp³-hybridized carbons (Fsp3) is 0.947. The van der Waals surface area contributed by atoms with E-state index in [9.17, 15) is 112 Å². The fourth-order valence-electron chi connectivity index (χ4n) is 21.5. The maximum absolute atomic E-state index is 16.1. The van der Waals surface area contributed by atoms with Gasteiger partial charge in [-0.2, -0.15) is 0 Å². The number of allylic oxidation sites excluding steroid dienone is 2. The van der Waals surface area contributed by atoms with Gasteiger partial charge in [-0.1, -0.05) is 60.1 Å². The van der Waals surface area contributed by atoms with Gasteiger partial charge in [-0.15, -0.1) is 0 Å². The quantitative estimate of drug-likeness (QED) is 0.0288. The molecule has 8 heterocycles. The molecule has 8 aliphatic heterocycles. The van der Waals surface area contributed by atoms with Crippen LogP contribution >= 0.6 is 0 Å². The highest BCUT2D eigenvalue weighted by Crippen LogP contribution is 2.76. The molecule has 13 rings (SSSR count). The third-order valence-corrected chi connectivity index (χ3v) is 28.4. The monoisotopic (exact) mass is 1660 g/mol. The van der Waals surface area contributed by atoms with Gasteiger partial charge < -0.3 is 188 Å². The lowest BCUT2D eigenvalue weighted by atomic mass is 9.33. The van der Waals surface area contributed by atoms with Crippen LogP contribution in [-0.4, -0.2) is 399 Å². The third kappa shape index (κ3) is 16.2. The van der Waals surface area contributed by atoms with Crippen molar-refractivity contribution < 1.29 is 193 Å². The highest BCUT2D eigenvalue weighted by atomic mass is 16.8. The summed E-state index contributed by atoms with van der Waals surface area (Å²) < 4.78 is 96.4. The standard InChI is InChI=1S/C75H121NO39/c1-28(80)76-42-46(89)57(113-65-50(93)47(90)45(88)35(19-77)106-65)37(25-104-61-52(95)54(33(83)23-100-61)110-62-48(91)43(86)31(81)21-101-62)108-60(42)109-41-12-13-71(6)38(70(41,4)5)11-14-72(7)39(71)10-9-29-30-17-69(2,3)15-16-75(30,40(85)18-73(29,72)8)68(98)115-66-58(51(94)56(36(20-78)107-66)112-63-49(92)44(87)32(82)22-102-63)114-64-53(96)55(34(84)24-103-64)111-67-59(97)74(99,26-79)27-105-67/h9,30-67,77-79,81-97,99H,10-27H2,1-8H3,(H,76,80). The van der Waals surface area contributed by atoms with E-state index in [2.05, 4.69) is 59.9 Å². The summed E-state index contributed by atoms with van der Waals surface area (Å²) in [5.74, 6) is -2.53. The second kappa shape index (κ2) is 34.4. The summed E-state index contributed by atoms with van der Waals surface area (Å²) in [6.07, 6.45) is -52.9. The number of aliphatic hydroxyl groups is 21. The second-order valence-corrected chi connectivity index (χ2v) is 36.3. The number of carbonyl (C=O) groups is 2. The van der Waals surface area contributed by atoms with Gasteiger partial charge in [0.15, 0.2) is 50.1 Å². The molecule has 115 heavy (non-hydrogen) atoms. The molecule has 8 saturated heterocycles. The van der Waals surface area contributed by atoms with Crippen molar-refractivity contribution in [3.8, 4) is 0 Å². The number of hydrogen-bond acceptors (Lipinski definition) is 39. The predicted molar refractivity (Wildman–Crippen MR) is 376 cm³/mol. The molecule has 660 valence electrons. The molecule has 13 aliphatic rings. The largest absolute Gasteiger partial charge is 0.432 e. The first-order valence-electron chi connectivity index (χ1n) is 39.9. The van der Waals surface area contributed by atoms with E-state index < -0.39 is 330 Å². The molecule has 0 aromatic carbocycles. The summed E-state index contributed by atoms with van der Waals surface area (Å²) in [4.78, 5) is 29.3. The molecule has 40 nitrogen and oxygen atoms in total. The fourth-order valence-corrected chi connectivity index (χ4v) is 21.5. The molecule has 12 fully saturated rings. The molecule has 0 spiro atoms. The van der Waals surface area contributed by atoms with Crippen LogP contribution in [0.15, 0.2) is 11.6 Å². The molecule has 5 aliphatic carbocycles. The number of rotatable bonds is 21. The first-order chi connectivity index (χ1) is 54.0. The lowest BCUT2D eigenvalue weighted by Crippen LogP contribution is -2.69. The Morgan fingerprint density at radius 3 is 1.62 bits per heavy atom. The number of esters is 1. The van der Waals surface area contributed by atoms with Gasteiger partial charge in [-0.25, -0.2) is 0 Å². The van der Waals surface area contributed by atoms with E-state index in [1.807, 2.05) is 0 Å². The topological polar surface area (TPSA) is 619 Å². The molecule has 0 aromatic rings. The Kier molecular flexibility index (Phi) is 26.9. The molecule has 0 radical (unpaired) electrons. The zero-order valence-corrected chi connectivity index (χ0v) is 65.5. The Balaban J connectivity index is 0.757. The minimum absolute atomic E-state index is 0.0541. The van der Waals surface area contributed by atoms with Gasteiger partial charge in [0, 0.05) is 6.92 Å². The van der Waals surface area contributed by atoms with Crippen molar-refractivity contribution in [3.05, 3.63) is 11.6 Å². The Morgan fingerprint density at radius 2 is 1.02 bits per heavy atom. The van der Waals surface area contributed by atoms with Crippen molar-refractivity contribution in [2.75, 3.05) is 59.5 Å². The van der Waals surface area contributed by atoms with Crippen molar-refractivity contribution in [2.24, 2.45) is 50.2 Å². The minimum atomic E-state index is -2.18. The Morgan fingerprint density at radius 1 is 0.487 bits per heavy atom. The van der Waals surface area contributed by atoms with Gasteiger partial charge in [0.2, 0.25) is 12.2 Å². The summed E-state index contributed by atoms with van der Waals surface area (Å²) in [6.45, 7) is 9.92. The normalized spacial score (nSPS) is 53.1. The molecule has 43 unspecified atom stereocenters. The zero-order chi connectivity index (χ0) is 83.6. The summed E-state index contributed by atoms with van der Waals surface area (Å²) in [5.41, 5.74) is -6.01. The van der Waals surface area contributed by atoms with E-state index in [1.54, 1.807) is 0 Å². The molecular weight excluding hydrogens is 1540 g/mol. The molecular formula is C75H121NO39. The lowest BCUT2D eigenvalue weighted by molar-refractivity contribution is -0.377. The zero-order valence-electron chi connectivity index (χ0n) is 65.5. The van der Waals surface area contributed by atoms with Crippen molar-refractivity contribution in [2.45, 2.75) is 334 Å². The average molecular weight is 1660 g/mol. The molecule has 22 N–H and O–H groups in total. The van der Waals surface area contributed by atoms with Crippen LogP contribution in [0, 0.1) is 50.2 Å². The van der Waals surface area contributed by atoms with Crippen LogP contribution in [0.25, 0.3) is 0 Å². The predicted octanol–water partition coefficient (Wildman–Crippen LogP) is -8.43. The highest BCUT2D eigenvalue weighted by Gasteiger charge is 2.73. The Hall–Kier alpha value is -2.76. The minimum Gasteiger partial charge on any atom is -0.432 e. The van der Waals surface area contributed by atoms with Gasteiger partial charge in [-0.05, 0) is 103 Å². The molecule has 1 amide bonds. The van der Waals surface area contributed by atoms with Gasteiger partial charge in [-0.3, -0.25) is 9.59 Å². The van der Waals surface area contributed by atoms with Crippen LogP contribution in [0.4, 0.5) is 0 Å². The first-order valence-corrected chi connectivity index (χ1v) is 39.9. The van der Waals surface area contributed by atoms with Gasteiger partial charge in [0.1, 0.15) is 157 Å². The van der Waals surface area contributed by atoms with Crippen LogP contribution in [0.1, 0.15) is 113 Å². The van der Waals surface area contributed by atoms with E-state index in [4.69, 9.17) is 75.8 Å². The van der Waals surface area contributed by atoms with Crippen molar-refractivity contribution in [1.29, 1.82) is 0 Å². The Bertz CT molecular complexity index is 3350. The maximum Gasteiger partial charge on any atom is 0.317 e. The number of aliphatic hydroxyl groups excluding tert-OH is 20. The van der Waals surface area contributed by atoms with Crippen LogP contribution in [0.3, 0.4) is 0 Å². The van der Waals surface area contributed by atoms with Crippen LogP contribution < -0.4 is 5.32 Å². The van der Waals surface area contributed by atoms with Gasteiger partial charge in [0.25, 0.3) is 0 Å². The number of ether oxygens (including phenoxy) is 16. The van der Waals surface area contributed by atoms with E-state index in [-0.39, 0.29) is 24.7 Å². The third-order valence-electron chi connectivity index (χ3n) is 28.4. The number of amides is 1. The molecule has 4 saturated carbocycles. The number of carbonyl (C=O) groups excluding carboxylic acids is 2. The summed E-state index contributed by atoms with van der Waals surface area (Å²) >= 11 is 0. The highest BCUT2D eigenvalue weighted by molar-refractivity contribution is 5.80. The number of nitrogens with one attached hydrogen (secondary N) is 1. The molecule has 0 aromatic heterocycles. The van der Waals surface area contributed by atoms with E-state index in [1.165, 1.54) is 6.92 Å². The molecule has 43 atom stereocenters. The number of fused-ring (bicyclic) bond motifs is 7. The summed E-state index contributed by atoms with van der Waals surface area (Å²) in [6, 6.07) is -1.46. The van der Waals surface area contributed by atoms with Crippen molar-refractivity contribution in [3.63, 3.8) is 0 Å². The molecule has 0 bridgehead atoms. The van der Waals surface area contributed by atoms with Gasteiger partial charge in [0.05, 0.1) is 71.7 Å². The molecule has 40 heteroatoms. The first kappa shape index (κ1) is 90.0.